The van der Waals surface area contributed by atoms with Crippen molar-refractivity contribution in [1.82, 2.24) is 10.6 Å². The van der Waals surface area contributed by atoms with Crippen LogP contribution in [-0.2, 0) is 14.4 Å². The predicted molar refractivity (Wildman–Crippen MR) is 110 cm³/mol. The molecule has 4 N–H and O–H groups in total. The average molecular weight is 442 g/mol. The fourth-order valence-electron chi connectivity index (χ4n) is 2.62. The molecule has 0 aromatic heterocycles. The largest absolute Gasteiger partial charge is 0.490 e. The molecule has 1 aromatic carbocycles. The minimum Gasteiger partial charge on any atom is -0.490 e. The van der Waals surface area contributed by atoms with Gasteiger partial charge in [0, 0.05) is 26.1 Å². The number of nitrogens with zero attached hydrogens (tertiary/aromatic N) is 1. The number of carbonyl (C=O) groups is 2. The van der Waals surface area contributed by atoms with E-state index in [1.807, 2.05) is 0 Å². The normalized spacial score (nSPS) is 13.7. The number of rotatable bonds is 14. The Morgan fingerprint density at radius 1 is 1.37 bits per heavy atom. The number of benzene rings is 1. The zero-order valence-electron chi connectivity index (χ0n) is 16.4. The number of hydrogen-bond acceptors (Lipinski definition) is 9. The average Bonchev–Trinajstić information content (AvgIpc) is 2.71. The fraction of sp³-hybridized carbons (Fsp3) is 0.556. The summed E-state index contributed by atoms with van der Waals surface area (Å²) in [6, 6.07) is 5.38. The van der Waals surface area contributed by atoms with Crippen LogP contribution in [0.5, 0.6) is 5.75 Å². The highest BCUT2D eigenvalue weighted by molar-refractivity contribution is 8.00. The van der Waals surface area contributed by atoms with E-state index in [4.69, 9.17) is 4.74 Å². The van der Waals surface area contributed by atoms with Crippen LogP contribution in [0.4, 0.5) is 5.69 Å². The van der Waals surface area contributed by atoms with Gasteiger partial charge in [-0.3, -0.25) is 9.59 Å². The van der Waals surface area contributed by atoms with E-state index in [-0.39, 0.29) is 31.4 Å². The van der Waals surface area contributed by atoms with Gasteiger partial charge < -0.3 is 30.6 Å². The second-order valence-electron chi connectivity index (χ2n) is 6.50. The van der Waals surface area contributed by atoms with E-state index < -0.39 is 11.2 Å². The van der Waals surface area contributed by atoms with Gasteiger partial charge in [-0.2, -0.15) is 0 Å². The number of amides is 2. The summed E-state index contributed by atoms with van der Waals surface area (Å²) < 4.78 is 5.69. The summed E-state index contributed by atoms with van der Waals surface area (Å²) in [6.45, 7) is 1.26. The van der Waals surface area contributed by atoms with Crippen molar-refractivity contribution < 1.29 is 29.4 Å². The molecule has 1 atom stereocenters. The first-order valence-electron chi connectivity index (χ1n) is 9.57. The number of aliphatic hydroxyl groups excluding tert-OH is 1. The van der Waals surface area contributed by atoms with Crippen molar-refractivity contribution in [2.45, 2.75) is 30.3 Å². The first-order valence-corrected chi connectivity index (χ1v) is 10.6. The van der Waals surface area contributed by atoms with Crippen molar-refractivity contribution in [3.05, 3.63) is 28.3 Å². The zero-order valence-corrected chi connectivity index (χ0v) is 17.2. The number of thioether (sulfide) groups is 1. The lowest BCUT2D eigenvalue weighted by Gasteiger charge is -2.20. The van der Waals surface area contributed by atoms with E-state index in [1.165, 1.54) is 11.8 Å². The van der Waals surface area contributed by atoms with Gasteiger partial charge in [-0.25, -0.2) is 0 Å². The number of unbranched alkanes of at least 4 members (excludes halogenated alkanes) is 1. The SMILES string of the molecule is O=C(CCCCO[N+](=O)[O-])NCCNCC(O)COc1cccc2c1SCC(=O)N2. The van der Waals surface area contributed by atoms with E-state index in [0.29, 0.717) is 49.7 Å². The van der Waals surface area contributed by atoms with Crippen LogP contribution in [0.3, 0.4) is 0 Å². The molecule has 1 aliphatic heterocycles. The number of fused-ring (bicyclic) bond motifs is 1. The molecule has 2 amide bonds. The summed E-state index contributed by atoms with van der Waals surface area (Å²) in [5, 5.41) is 27.7. The lowest BCUT2D eigenvalue weighted by molar-refractivity contribution is -0.757. The van der Waals surface area contributed by atoms with Crippen molar-refractivity contribution in [2.75, 3.05) is 43.9 Å². The lowest BCUT2D eigenvalue weighted by atomic mass is 10.2. The number of hydrogen-bond donors (Lipinski definition) is 4. The summed E-state index contributed by atoms with van der Waals surface area (Å²) in [5.74, 6) is 0.757. The van der Waals surface area contributed by atoms with Gasteiger partial charge in [-0.15, -0.1) is 21.9 Å². The summed E-state index contributed by atoms with van der Waals surface area (Å²) in [5.41, 5.74) is 0.711. The minimum absolute atomic E-state index is 0.0130. The highest BCUT2D eigenvalue weighted by atomic mass is 32.2. The fourth-order valence-corrected chi connectivity index (χ4v) is 3.51. The first kappa shape index (κ1) is 23.7. The Kier molecular flexibility index (Phi) is 10.2. The van der Waals surface area contributed by atoms with Crippen molar-refractivity contribution in [2.24, 2.45) is 0 Å². The molecule has 30 heavy (non-hydrogen) atoms. The second-order valence-corrected chi connectivity index (χ2v) is 7.49. The van der Waals surface area contributed by atoms with E-state index in [2.05, 4.69) is 20.8 Å². The summed E-state index contributed by atoms with van der Waals surface area (Å²) in [7, 11) is 0. The van der Waals surface area contributed by atoms with Crippen molar-refractivity contribution >= 4 is 29.3 Å². The van der Waals surface area contributed by atoms with Gasteiger partial charge in [0.25, 0.3) is 5.09 Å². The molecule has 12 heteroatoms. The third-order valence-electron chi connectivity index (χ3n) is 4.03. The number of nitrogens with one attached hydrogen (secondary N) is 3. The van der Waals surface area contributed by atoms with Crippen LogP contribution in [0, 0.1) is 10.1 Å². The first-order chi connectivity index (χ1) is 14.5. The Bertz CT molecular complexity index is 734. The van der Waals surface area contributed by atoms with Gasteiger partial charge in [0.15, 0.2) is 0 Å². The number of ether oxygens (including phenoxy) is 1. The lowest BCUT2D eigenvalue weighted by Crippen LogP contribution is -2.37. The molecule has 11 nitrogen and oxygen atoms in total. The summed E-state index contributed by atoms with van der Waals surface area (Å²) in [4.78, 5) is 38.1. The van der Waals surface area contributed by atoms with E-state index in [0.717, 1.165) is 4.90 Å². The minimum atomic E-state index is -0.850. The highest BCUT2D eigenvalue weighted by Gasteiger charge is 2.19. The molecule has 0 bridgehead atoms. The van der Waals surface area contributed by atoms with Crippen LogP contribution >= 0.6 is 11.8 Å². The quantitative estimate of drug-likeness (QED) is 0.184. The summed E-state index contributed by atoms with van der Waals surface area (Å²) in [6.07, 6.45) is 0.487. The molecule has 0 saturated carbocycles. The number of anilines is 1. The van der Waals surface area contributed by atoms with Crippen molar-refractivity contribution in [3.8, 4) is 5.75 Å². The smallest absolute Gasteiger partial charge is 0.294 e. The second kappa shape index (κ2) is 12.9. The maximum absolute atomic E-state index is 11.6. The summed E-state index contributed by atoms with van der Waals surface area (Å²) >= 11 is 1.40. The van der Waals surface area contributed by atoms with E-state index in [9.17, 15) is 24.8 Å². The molecule has 2 rings (SSSR count). The predicted octanol–water partition coefficient (Wildman–Crippen LogP) is 0.555. The topological polar surface area (TPSA) is 152 Å². The maximum atomic E-state index is 11.6. The van der Waals surface area contributed by atoms with Gasteiger partial charge in [-0.1, -0.05) is 6.07 Å². The third kappa shape index (κ3) is 8.84. The van der Waals surface area contributed by atoms with Gasteiger partial charge >= 0.3 is 0 Å². The van der Waals surface area contributed by atoms with E-state index >= 15 is 0 Å². The molecular weight excluding hydrogens is 416 g/mol. The molecule has 0 saturated heterocycles. The Morgan fingerprint density at radius 3 is 3.00 bits per heavy atom. The van der Waals surface area contributed by atoms with Crippen molar-refractivity contribution in [3.63, 3.8) is 0 Å². The van der Waals surface area contributed by atoms with Gasteiger partial charge in [0.2, 0.25) is 11.8 Å². The standard InChI is InChI=1S/C18H26N4O7S/c23-13(10-19-7-8-20-16(24)6-1-2-9-29-22(26)27)11-28-15-5-3-4-14-18(15)30-12-17(25)21-14/h3-5,13,19,23H,1-2,6-12H2,(H,20,24)(H,21,25). The van der Waals surface area contributed by atoms with Crippen LogP contribution in [0.2, 0.25) is 0 Å². The molecule has 0 aliphatic carbocycles. The molecule has 0 fully saturated rings. The molecule has 1 aliphatic rings. The molecule has 0 radical (unpaired) electrons. The van der Waals surface area contributed by atoms with Crippen LogP contribution in [-0.4, -0.2) is 66.7 Å². The van der Waals surface area contributed by atoms with Gasteiger partial charge in [0.05, 0.1) is 22.9 Å². The molecule has 1 heterocycles. The van der Waals surface area contributed by atoms with Crippen LogP contribution in [0.15, 0.2) is 23.1 Å². The Morgan fingerprint density at radius 2 is 2.20 bits per heavy atom. The van der Waals surface area contributed by atoms with Gasteiger partial charge in [-0.05, 0) is 25.0 Å². The number of aliphatic hydroxyl groups is 1. The monoisotopic (exact) mass is 442 g/mol. The highest BCUT2D eigenvalue weighted by Crippen LogP contribution is 2.38. The Balaban J connectivity index is 1.53. The van der Waals surface area contributed by atoms with Crippen LogP contribution in [0.1, 0.15) is 19.3 Å². The Hall–Kier alpha value is -2.57. The van der Waals surface area contributed by atoms with E-state index in [1.54, 1.807) is 18.2 Å². The number of carbonyl (C=O) groups excluding carboxylic acids is 2. The molecular formula is C18H26N4O7S. The van der Waals surface area contributed by atoms with Crippen molar-refractivity contribution in [1.29, 1.82) is 0 Å². The zero-order chi connectivity index (χ0) is 21.8. The molecule has 0 spiro atoms. The Labute approximate surface area is 178 Å². The van der Waals surface area contributed by atoms with Crippen LogP contribution < -0.4 is 20.7 Å². The van der Waals surface area contributed by atoms with Gasteiger partial charge in [0.1, 0.15) is 18.5 Å². The molecule has 166 valence electrons. The van der Waals surface area contributed by atoms with Crippen LogP contribution in [0.25, 0.3) is 0 Å². The molecule has 1 unspecified atom stereocenters. The maximum Gasteiger partial charge on any atom is 0.294 e. The molecule has 1 aromatic rings. The third-order valence-corrected chi connectivity index (χ3v) is 5.15.